The Kier molecular flexibility index (Phi) is 4.78. The van der Waals surface area contributed by atoms with Crippen molar-refractivity contribution in [3.63, 3.8) is 0 Å². The number of amides is 1. The minimum atomic E-state index is 0.162. The smallest absolute Gasteiger partial charge is 0.219 e. The third-order valence-electron chi connectivity index (χ3n) is 4.32. The van der Waals surface area contributed by atoms with Crippen molar-refractivity contribution in [1.82, 2.24) is 25.1 Å². The highest BCUT2D eigenvalue weighted by molar-refractivity contribution is 5.73. The third kappa shape index (κ3) is 4.10. The van der Waals surface area contributed by atoms with Crippen LogP contribution in [0, 0.1) is 19.8 Å². The summed E-state index contributed by atoms with van der Waals surface area (Å²) < 4.78 is 0. The van der Waals surface area contributed by atoms with Gasteiger partial charge in [-0.05, 0) is 39.0 Å². The maximum Gasteiger partial charge on any atom is 0.219 e. The highest BCUT2D eigenvalue weighted by Crippen LogP contribution is 2.22. The van der Waals surface area contributed by atoms with Crippen molar-refractivity contribution in [2.75, 3.05) is 18.4 Å². The molecule has 0 radical (unpaired) electrons. The van der Waals surface area contributed by atoms with Crippen molar-refractivity contribution in [3.8, 4) is 0 Å². The zero-order valence-electron chi connectivity index (χ0n) is 14.5. The maximum absolute atomic E-state index is 11.6. The molecule has 1 atom stereocenters. The van der Waals surface area contributed by atoms with Crippen LogP contribution in [0.1, 0.15) is 37.0 Å². The van der Waals surface area contributed by atoms with Gasteiger partial charge >= 0.3 is 0 Å². The number of H-pyrrole nitrogens is 1. The molecule has 24 heavy (non-hydrogen) atoms. The zero-order valence-corrected chi connectivity index (χ0v) is 14.5. The van der Waals surface area contributed by atoms with Gasteiger partial charge in [-0.25, -0.2) is 9.97 Å². The number of aromatic nitrogens is 4. The fraction of sp³-hybridized carbons (Fsp3) is 0.529. The van der Waals surface area contributed by atoms with E-state index in [1.165, 1.54) is 0 Å². The van der Waals surface area contributed by atoms with Crippen LogP contribution in [0.2, 0.25) is 0 Å². The molecule has 7 nitrogen and oxygen atoms in total. The van der Waals surface area contributed by atoms with Crippen LogP contribution < -0.4 is 5.32 Å². The average molecular weight is 328 g/mol. The fourth-order valence-corrected chi connectivity index (χ4v) is 3.22. The number of piperidine rings is 1. The van der Waals surface area contributed by atoms with Gasteiger partial charge in [-0.3, -0.25) is 9.89 Å². The standard InChI is InChI=1S/C17H24N6O/c1-11-7-17(22-21-11)20-16-9-15(18-12(2)19-16)8-14-5-4-6-23(10-14)13(3)24/h7,9,14H,4-6,8,10H2,1-3H3,(H2,18,19,20,21,22)/t14-/m1/s1. The van der Waals surface area contributed by atoms with Crippen molar-refractivity contribution >= 4 is 17.5 Å². The molecule has 0 spiro atoms. The normalized spacial score (nSPS) is 17.8. The summed E-state index contributed by atoms with van der Waals surface area (Å²) >= 11 is 0. The van der Waals surface area contributed by atoms with Crippen LogP contribution in [0.4, 0.5) is 11.6 Å². The van der Waals surface area contributed by atoms with E-state index in [0.29, 0.717) is 5.92 Å². The van der Waals surface area contributed by atoms with Crippen LogP contribution in [-0.2, 0) is 11.2 Å². The molecule has 0 bridgehead atoms. The minimum Gasteiger partial charge on any atom is -0.343 e. The van der Waals surface area contributed by atoms with Crippen molar-refractivity contribution in [2.45, 2.75) is 40.0 Å². The number of hydrogen-bond donors (Lipinski definition) is 2. The van der Waals surface area contributed by atoms with Crippen molar-refractivity contribution in [1.29, 1.82) is 0 Å². The second-order valence-electron chi connectivity index (χ2n) is 6.53. The lowest BCUT2D eigenvalue weighted by molar-refractivity contribution is -0.130. The lowest BCUT2D eigenvalue weighted by Crippen LogP contribution is -2.39. The van der Waals surface area contributed by atoms with E-state index in [1.807, 2.05) is 30.9 Å². The largest absolute Gasteiger partial charge is 0.343 e. The van der Waals surface area contributed by atoms with Crippen molar-refractivity contribution < 1.29 is 4.79 Å². The summed E-state index contributed by atoms with van der Waals surface area (Å²) in [4.78, 5) is 22.5. The predicted molar refractivity (Wildman–Crippen MR) is 92.1 cm³/mol. The first-order valence-electron chi connectivity index (χ1n) is 8.38. The molecule has 1 saturated heterocycles. The van der Waals surface area contributed by atoms with Gasteiger partial charge in [0.25, 0.3) is 0 Å². The number of nitrogens with zero attached hydrogens (tertiary/aromatic N) is 4. The molecule has 7 heteroatoms. The summed E-state index contributed by atoms with van der Waals surface area (Å²) in [5.41, 5.74) is 2.00. The highest BCUT2D eigenvalue weighted by Gasteiger charge is 2.22. The minimum absolute atomic E-state index is 0.162. The molecule has 0 unspecified atom stereocenters. The monoisotopic (exact) mass is 328 g/mol. The topological polar surface area (TPSA) is 86.8 Å². The van der Waals surface area contributed by atoms with Crippen LogP contribution >= 0.6 is 0 Å². The summed E-state index contributed by atoms with van der Waals surface area (Å²) in [7, 11) is 0. The van der Waals surface area contributed by atoms with E-state index in [2.05, 4.69) is 25.5 Å². The molecule has 2 aromatic rings. The van der Waals surface area contributed by atoms with Crippen LogP contribution in [0.5, 0.6) is 0 Å². The molecular weight excluding hydrogens is 304 g/mol. The summed E-state index contributed by atoms with van der Waals surface area (Å²) in [6, 6.07) is 3.91. The van der Waals surface area contributed by atoms with E-state index >= 15 is 0 Å². The molecule has 1 aliphatic rings. The molecule has 0 aliphatic carbocycles. The Labute approximate surface area is 141 Å². The quantitative estimate of drug-likeness (QED) is 0.900. The SMILES string of the molecule is CC(=O)N1CCC[C@H](Cc2cc(Nc3cc(C)[nH]n3)nc(C)n2)C1. The second-order valence-corrected chi connectivity index (χ2v) is 6.53. The Morgan fingerprint density at radius 2 is 2.17 bits per heavy atom. The van der Waals surface area contributed by atoms with Gasteiger partial charge in [0.15, 0.2) is 5.82 Å². The lowest BCUT2D eigenvalue weighted by Gasteiger charge is -2.32. The van der Waals surface area contributed by atoms with Crippen LogP contribution in [0.25, 0.3) is 0 Å². The number of nitrogens with one attached hydrogen (secondary N) is 2. The first-order chi connectivity index (χ1) is 11.5. The molecule has 1 amide bonds. The number of rotatable bonds is 4. The Morgan fingerprint density at radius 1 is 1.33 bits per heavy atom. The van der Waals surface area contributed by atoms with Gasteiger partial charge in [-0.15, -0.1) is 0 Å². The number of carbonyl (C=O) groups excluding carboxylic acids is 1. The lowest BCUT2D eigenvalue weighted by atomic mass is 9.93. The van der Waals surface area contributed by atoms with Gasteiger partial charge in [0.1, 0.15) is 11.6 Å². The number of aryl methyl sites for hydroxylation is 2. The van der Waals surface area contributed by atoms with E-state index in [1.54, 1.807) is 6.92 Å². The molecule has 1 fully saturated rings. The first kappa shape index (κ1) is 16.4. The number of aromatic amines is 1. The van der Waals surface area contributed by atoms with Crippen LogP contribution in [0.3, 0.4) is 0 Å². The molecule has 0 aromatic carbocycles. The molecule has 0 saturated carbocycles. The third-order valence-corrected chi connectivity index (χ3v) is 4.32. The van der Waals surface area contributed by atoms with E-state index < -0.39 is 0 Å². The predicted octanol–water partition coefficient (Wildman–Crippen LogP) is 2.36. The summed E-state index contributed by atoms with van der Waals surface area (Å²) in [5, 5.41) is 10.3. The second kappa shape index (κ2) is 6.98. The van der Waals surface area contributed by atoms with Crippen molar-refractivity contribution in [3.05, 3.63) is 29.3 Å². The summed E-state index contributed by atoms with van der Waals surface area (Å²) in [6.07, 6.45) is 3.06. The maximum atomic E-state index is 11.6. The van der Waals surface area contributed by atoms with E-state index in [9.17, 15) is 4.79 Å². The Bertz CT molecular complexity index is 726. The molecule has 3 rings (SSSR count). The summed E-state index contributed by atoms with van der Waals surface area (Å²) in [5.74, 6) is 2.86. The molecule has 3 heterocycles. The number of hydrogen-bond acceptors (Lipinski definition) is 5. The fourth-order valence-electron chi connectivity index (χ4n) is 3.22. The molecular formula is C17H24N6O. The number of anilines is 2. The van der Waals surface area contributed by atoms with E-state index in [4.69, 9.17) is 0 Å². The van der Waals surface area contributed by atoms with Crippen molar-refractivity contribution in [2.24, 2.45) is 5.92 Å². The zero-order chi connectivity index (χ0) is 17.1. The van der Waals surface area contributed by atoms with Gasteiger partial charge < -0.3 is 10.2 Å². The van der Waals surface area contributed by atoms with Crippen LogP contribution in [-0.4, -0.2) is 44.1 Å². The number of carbonyl (C=O) groups is 1. The first-order valence-corrected chi connectivity index (χ1v) is 8.38. The molecule has 128 valence electrons. The van der Waals surface area contributed by atoms with E-state index in [0.717, 1.165) is 61.2 Å². The summed E-state index contributed by atoms with van der Waals surface area (Å²) in [6.45, 7) is 7.19. The molecule has 1 aliphatic heterocycles. The van der Waals surface area contributed by atoms with Gasteiger partial charge in [-0.2, -0.15) is 5.10 Å². The van der Waals surface area contributed by atoms with Gasteiger partial charge in [0, 0.05) is 43.5 Å². The van der Waals surface area contributed by atoms with Crippen LogP contribution in [0.15, 0.2) is 12.1 Å². The van der Waals surface area contributed by atoms with Gasteiger partial charge in [0.2, 0.25) is 5.91 Å². The number of likely N-dealkylation sites (tertiary alicyclic amines) is 1. The Morgan fingerprint density at radius 3 is 2.88 bits per heavy atom. The van der Waals surface area contributed by atoms with E-state index in [-0.39, 0.29) is 5.91 Å². The molecule has 2 N–H and O–H groups in total. The highest BCUT2D eigenvalue weighted by atomic mass is 16.2. The van der Waals surface area contributed by atoms with Gasteiger partial charge in [0.05, 0.1) is 0 Å². The Hall–Kier alpha value is -2.44. The van der Waals surface area contributed by atoms with Gasteiger partial charge in [-0.1, -0.05) is 0 Å². The molecule has 2 aromatic heterocycles. The Balaban J connectivity index is 1.70. The average Bonchev–Trinajstić information content (AvgIpc) is 2.92.